The number of carbonyl (C=O) groups is 1. The number of alkyl halides is 3. The van der Waals surface area contributed by atoms with Crippen LogP contribution in [0.3, 0.4) is 0 Å². The Kier molecular flexibility index (Phi) is 8.90. The van der Waals surface area contributed by atoms with Crippen LogP contribution in [0.25, 0.3) is 0 Å². The molecule has 0 bridgehead atoms. The molecular formula is C23H29F5N8O4. The van der Waals surface area contributed by atoms with Gasteiger partial charge in [0.25, 0.3) is 0 Å². The summed E-state index contributed by atoms with van der Waals surface area (Å²) in [7, 11) is 1.05. The van der Waals surface area contributed by atoms with Gasteiger partial charge in [-0.25, -0.2) is 14.8 Å². The number of anilines is 3. The maximum Gasteiger partial charge on any atom is 0.417 e. The Morgan fingerprint density at radius 2 is 2.00 bits per heavy atom. The van der Waals surface area contributed by atoms with E-state index in [9.17, 15) is 32.0 Å². The fourth-order valence-electron chi connectivity index (χ4n) is 4.42. The van der Waals surface area contributed by atoms with E-state index in [0.717, 1.165) is 26.2 Å². The first-order valence-corrected chi connectivity index (χ1v) is 11.8. The average molecular weight is 577 g/mol. The molecule has 1 aromatic carbocycles. The van der Waals surface area contributed by atoms with Crippen molar-refractivity contribution in [2.24, 2.45) is 22.5 Å². The summed E-state index contributed by atoms with van der Waals surface area (Å²) >= 11 is 0. The first-order chi connectivity index (χ1) is 18.7. The number of nitrogen functional groups attached to an aromatic ring is 1. The number of methoxy groups -OCH3 is 1. The molecule has 1 saturated heterocycles. The number of amidine groups is 1. The van der Waals surface area contributed by atoms with Crippen LogP contribution in [0, 0.1) is 17.6 Å². The summed E-state index contributed by atoms with van der Waals surface area (Å²) in [5.41, 5.74) is 18.9. The van der Waals surface area contributed by atoms with Gasteiger partial charge in [-0.05, 0) is 13.0 Å². The Balaban J connectivity index is 2.04. The van der Waals surface area contributed by atoms with Gasteiger partial charge in [0.05, 0.1) is 12.8 Å². The van der Waals surface area contributed by atoms with Gasteiger partial charge in [0, 0.05) is 36.4 Å². The van der Waals surface area contributed by atoms with Crippen molar-refractivity contribution in [1.29, 1.82) is 0 Å². The maximum atomic E-state index is 14.5. The average Bonchev–Trinajstić information content (AvgIpc) is 3.14. The molecule has 0 aliphatic carbocycles. The lowest BCUT2D eigenvalue weighted by Crippen LogP contribution is -2.47. The molecule has 12 nitrogen and oxygen atoms in total. The highest BCUT2D eigenvalue weighted by Gasteiger charge is 2.64. The third-order valence-electron chi connectivity index (χ3n) is 6.69. The van der Waals surface area contributed by atoms with Crippen LogP contribution < -0.4 is 38.1 Å². The van der Waals surface area contributed by atoms with Crippen LogP contribution in [0.5, 0.6) is 5.75 Å². The largest absolute Gasteiger partial charge is 0.493 e. The Labute approximate surface area is 225 Å². The van der Waals surface area contributed by atoms with Crippen molar-refractivity contribution in [2.75, 3.05) is 30.1 Å². The molecule has 220 valence electrons. The summed E-state index contributed by atoms with van der Waals surface area (Å²) in [6.45, 7) is 2.13. The number of aromatic nitrogens is 1. The molecule has 2 aromatic rings. The lowest BCUT2D eigenvalue weighted by atomic mass is 9.78. The van der Waals surface area contributed by atoms with E-state index in [2.05, 4.69) is 26.3 Å². The summed E-state index contributed by atoms with van der Waals surface area (Å²) < 4.78 is 81.4. The summed E-state index contributed by atoms with van der Waals surface area (Å²) in [6.07, 6.45) is -6.44. The number of oxime groups is 1. The number of rotatable bonds is 9. The number of halogens is 5. The van der Waals surface area contributed by atoms with Crippen LogP contribution in [0.15, 0.2) is 23.4 Å². The zero-order valence-electron chi connectivity index (χ0n) is 21.6. The second-order valence-electron chi connectivity index (χ2n) is 9.10. The van der Waals surface area contributed by atoms with E-state index < -0.39 is 59.0 Å². The topological polar surface area (TPSA) is 195 Å². The number of benzene rings is 1. The van der Waals surface area contributed by atoms with Crippen molar-refractivity contribution in [1.82, 2.24) is 10.4 Å². The van der Waals surface area contributed by atoms with Crippen LogP contribution in [0.2, 0.25) is 0 Å². The zero-order valence-corrected chi connectivity index (χ0v) is 21.6. The quantitative estimate of drug-likeness (QED) is 0.0765. The predicted molar refractivity (Wildman–Crippen MR) is 134 cm³/mol. The van der Waals surface area contributed by atoms with Crippen LogP contribution in [-0.4, -0.2) is 53.6 Å². The maximum absolute atomic E-state index is 14.5. The number of amides is 1. The molecule has 1 aromatic heterocycles. The third kappa shape index (κ3) is 5.66. The number of ether oxygens (including phenoxy) is 2. The Morgan fingerprint density at radius 1 is 1.32 bits per heavy atom. The van der Waals surface area contributed by atoms with Gasteiger partial charge in [0.15, 0.2) is 23.0 Å². The number of hydrazine groups is 1. The molecule has 40 heavy (non-hydrogen) atoms. The molecule has 1 aliphatic rings. The van der Waals surface area contributed by atoms with Gasteiger partial charge in [0.2, 0.25) is 11.7 Å². The van der Waals surface area contributed by atoms with E-state index in [1.54, 1.807) is 0 Å². The van der Waals surface area contributed by atoms with E-state index in [0.29, 0.717) is 0 Å². The minimum absolute atomic E-state index is 0.0357. The van der Waals surface area contributed by atoms with Gasteiger partial charge in [-0.15, -0.1) is 0 Å². The highest BCUT2D eigenvalue weighted by Crippen LogP contribution is 2.54. The molecule has 17 heteroatoms. The van der Waals surface area contributed by atoms with Crippen LogP contribution >= 0.6 is 0 Å². The molecule has 4 atom stereocenters. The second kappa shape index (κ2) is 11.6. The number of hydrogen-bond donors (Lipinski definition) is 7. The van der Waals surface area contributed by atoms with Gasteiger partial charge in [-0.3, -0.25) is 4.79 Å². The summed E-state index contributed by atoms with van der Waals surface area (Å²) in [5.74, 6) is -6.96. The number of hydrogen-bond acceptors (Lipinski definition) is 10. The van der Waals surface area contributed by atoms with Crippen molar-refractivity contribution in [3.8, 4) is 5.75 Å². The first-order valence-electron chi connectivity index (χ1n) is 11.8. The highest BCUT2D eigenvalue weighted by molar-refractivity contribution is 6.03. The number of pyridine rings is 1. The fourth-order valence-corrected chi connectivity index (χ4v) is 4.42. The van der Waals surface area contributed by atoms with Crippen molar-refractivity contribution in [3.63, 3.8) is 0 Å². The van der Waals surface area contributed by atoms with E-state index >= 15 is 0 Å². The monoisotopic (exact) mass is 576 g/mol. The minimum atomic E-state index is -4.87. The predicted octanol–water partition coefficient (Wildman–Crippen LogP) is 2.35. The second-order valence-corrected chi connectivity index (χ2v) is 9.10. The Bertz CT molecular complexity index is 1290. The third-order valence-corrected chi connectivity index (χ3v) is 6.69. The van der Waals surface area contributed by atoms with E-state index in [1.165, 1.54) is 13.0 Å². The molecule has 1 amide bonds. The van der Waals surface area contributed by atoms with Gasteiger partial charge in [0.1, 0.15) is 23.4 Å². The smallest absolute Gasteiger partial charge is 0.417 e. The number of nitrogens with one attached hydrogen (secondary N) is 3. The molecule has 10 N–H and O–H groups in total. The summed E-state index contributed by atoms with van der Waals surface area (Å²) in [5, 5.41) is 14.5. The Hall–Kier alpha value is -3.96. The fraction of sp³-hybridized carbons (Fsp3) is 0.435. The number of nitrogens with zero attached hydrogens (tertiary/aromatic N) is 2. The van der Waals surface area contributed by atoms with Crippen LogP contribution in [0.1, 0.15) is 37.4 Å². The summed E-state index contributed by atoms with van der Waals surface area (Å²) in [6, 6.07) is 3.08. The first kappa shape index (κ1) is 30.6. The highest BCUT2D eigenvalue weighted by atomic mass is 19.4. The van der Waals surface area contributed by atoms with E-state index in [1.807, 2.05) is 0 Å². The zero-order chi connectivity index (χ0) is 30.0. The molecular weight excluding hydrogens is 547 g/mol. The van der Waals surface area contributed by atoms with Gasteiger partial charge in [-0.2, -0.15) is 17.6 Å². The van der Waals surface area contributed by atoms with Crippen molar-refractivity contribution < 1.29 is 41.4 Å². The molecule has 0 spiro atoms. The standard InChI is InChI=1S/C23H29F5N8O4/c1-9-15(10-4-5-11(24)16(25)19(10)39-3)21(40-22(9,2)23(26,27)28)35-34-17-12(30)8-13(32-14(37)6-7-29)33-18(17)20(31)36-38/h4-5,8-9,15,21,34-35,38H,6-7,29H2,1-3H3,(H2,31,36)(H3,30,32,33,37)/t9?,15?,21-,22-/m1/s1. The molecule has 1 fully saturated rings. The normalized spacial score (nSPS) is 23.2. The number of nitrogens with two attached hydrogens (primary N) is 3. The molecule has 3 rings (SSSR count). The molecule has 0 radical (unpaired) electrons. The van der Waals surface area contributed by atoms with Crippen molar-refractivity contribution >= 4 is 28.9 Å². The molecule has 0 saturated carbocycles. The van der Waals surface area contributed by atoms with Crippen LogP contribution in [0.4, 0.5) is 39.1 Å². The number of carbonyl (C=O) groups excluding carboxylic acids is 1. The van der Waals surface area contributed by atoms with Gasteiger partial charge in [-0.1, -0.05) is 18.1 Å². The SMILES string of the molecule is COc1c(C2C(C)[C@](C)(C(F)(F)F)O[C@H]2NNc2c(N)cc(NC(=O)CCN)nc2/C(N)=N/O)ccc(F)c1F. The van der Waals surface area contributed by atoms with Crippen molar-refractivity contribution in [3.05, 3.63) is 41.1 Å². The lowest BCUT2D eigenvalue weighted by molar-refractivity contribution is -0.275. The molecule has 1 aliphatic heterocycles. The minimum Gasteiger partial charge on any atom is -0.493 e. The molecule has 2 unspecified atom stereocenters. The van der Waals surface area contributed by atoms with Gasteiger partial charge < -0.3 is 42.6 Å². The summed E-state index contributed by atoms with van der Waals surface area (Å²) in [4.78, 5) is 16.0. The Morgan fingerprint density at radius 3 is 2.58 bits per heavy atom. The van der Waals surface area contributed by atoms with E-state index in [4.69, 9.17) is 26.7 Å². The van der Waals surface area contributed by atoms with Crippen molar-refractivity contribution in [2.45, 2.75) is 44.2 Å². The van der Waals surface area contributed by atoms with E-state index in [-0.39, 0.29) is 41.4 Å². The molecule has 2 heterocycles. The lowest BCUT2D eigenvalue weighted by Gasteiger charge is -2.31. The van der Waals surface area contributed by atoms with Crippen LogP contribution in [-0.2, 0) is 9.53 Å². The van der Waals surface area contributed by atoms with Gasteiger partial charge >= 0.3 is 6.18 Å².